The molecule has 1 aliphatic heterocycles. The monoisotopic (exact) mass is 382 g/mol. The first kappa shape index (κ1) is 20.2. The van der Waals surface area contributed by atoms with Crippen LogP contribution in [0.4, 0.5) is 0 Å². The molecule has 0 atom stereocenters. The average Bonchev–Trinajstić information content (AvgIpc) is 3.03. The normalized spacial score (nSPS) is 15.1. The Hall–Kier alpha value is -1.08. The molecule has 25 heavy (non-hydrogen) atoms. The molecular weight excluding hydrogens is 356 g/mol. The van der Waals surface area contributed by atoms with Gasteiger partial charge in [0.2, 0.25) is 0 Å². The maximum absolute atomic E-state index is 5.14. The van der Waals surface area contributed by atoms with E-state index < -0.39 is 0 Å². The highest BCUT2D eigenvalue weighted by Gasteiger charge is 2.23. The van der Waals surface area contributed by atoms with Crippen LogP contribution in [0.5, 0.6) is 0 Å². The van der Waals surface area contributed by atoms with E-state index in [1.54, 1.807) is 18.9 Å². The molecule has 0 radical (unpaired) electrons. The van der Waals surface area contributed by atoms with E-state index in [0.717, 1.165) is 62.2 Å². The minimum absolute atomic E-state index is 0. The Morgan fingerprint density at radius 2 is 1.96 bits per heavy atom. The molecule has 2 aromatic rings. The topological polar surface area (TPSA) is 52.0 Å². The molecule has 1 aromatic carbocycles. The van der Waals surface area contributed by atoms with Crippen LogP contribution in [0.25, 0.3) is 0 Å². The zero-order valence-electron chi connectivity index (χ0n) is 14.7. The summed E-state index contributed by atoms with van der Waals surface area (Å²) in [5, 5.41) is 13.5. The van der Waals surface area contributed by atoms with Crippen molar-refractivity contribution in [1.82, 2.24) is 20.1 Å². The van der Waals surface area contributed by atoms with Crippen LogP contribution in [0.2, 0.25) is 0 Å². The van der Waals surface area contributed by atoms with Crippen LogP contribution in [0, 0.1) is 0 Å². The van der Waals surface area contributed by atoms with Gasteiger partial charge < -0.3 is 14.6 Å². The second-order valence-corrected chi connectivity index (χ2v) is 7.19. The van der Waals surface area contributed by atoms with Crippen LogP contribution in [-0.2, 0) is 11.3 Å². The van der Waals surface area contributed by atoms with E-state index in [1.165, 1.54) is 5.56 Å². The summed E-state index contributed by atoms with van der Waals surface area (Å²) in [5.41, 5.74) is 1.30. The second-order valence-electron chi connectivity index (χ2n) is 6.13. The van der Waals surface area contributed by atoms with E-state index in [1.807, 2.05) is 0 Å². The Bertz CT molecular complexity index is 617. The quantitative estimate of drug-likeness (QED) is 0.560. The van der Waals surface area contributed by atoms with Gasteiger partial charge in [-0.15, -0.1) is 22.6 Å². The van der Waals surface area contributed by atoms with Gasteiger partial charge in [0.25, 0.3) is 0 Å². The van der Waals surface area contributed by atoms with Crippen molar-refractivity contribution < 1.29 is 4.74 Å². The Kier molecular flexibility index (Phi) is 8.75. The number of aromatic nitrogens is 3. The van der Waals surface area contributed by atoms with E-state index in [4.69, 9.17) is 4.74 Å². The van der Waals surface area contributed by atoms with Crippen LogP contribution in [0.1, 0.15) is 36.6 Å². The third-order valence-electron chi connectivity index (χ3n) is 4.36. The summed E-state index contributed by atoms with van der Waals surface area (Å²) in [6.45, 7) is 3.78. The van der Waals surface area contributed by atoms with E-state index in [2.05, 4.69) is 50.4 Å². The summed E-state index contributed by atoms with van der Waals surface area (Å²) in [6, 6.07) is 10.6. The first-order valence-corrected chi connectivity index (χ1v) is 9.66. The molecule has 7 heteroatoms. The molecule has 2 heterocycles. The molecule has 0 amide bonds. The number of benzene rings is 1. The fourth-order valence-corrected chi connectivity index (χ4v) is 3.93. The van der Waals surface area contributed by atoms with E-state index in [0.29, 0.717) is 5.92 Å². The Labute approximate surface area is 160 Å². The maximum Gasteiger partial charge on any atom is 0.191 e. The van der Waals surface area contributed by atoms with Crippen molar-refractivity contribution in [2.24, 2.45) is 0 Å². The van der Waals surface area contributed by atoms with Gasteiger partial charge in [-0.2, -0.15) is 0 Å². The van der Waals surface area contributed by atoms with Gasteiger partial charge in [0.1, 0.15) is 5.82 Å². The van der Waals surface area contributed by atoms with E-state index in [9.17, 15) is 0 Å². The molecule has 138 valence electrons. The summed E-state index contributed by atoms with van der Waals surface area (Å²) in [5.74, 6) is 2.66. The Balaban J connectivity index is 0.00000225. The predicted molar refractivity (Wildman–Crippen MR) is 105 cm³/mol. The molecule has 0 saturated carbocycles. The van der Waals surface area contributed by atoms with Crippen molar-refractivity contribution >= 4 is 24.2 Å². The third kappa shape index (κ3) is 5.71. The number of nitrogens with zero attached hydrogens (tertiary/aromatic N) is 3. The summed E-state index contributed by atoms with van der Waals surface area (Å²) in [6.07, 6.45) is 3.31. The average molecular weight is 383 g/mol. The van der Waals surface area contributed by atoms with Crippen molar-refractivity contribution in [3.05, 3.63) is 41.7 Å². The second kappa shape index (κ2) is 10.8. The van der Waals surface area contributed by atoms with E-state index >= 15 is 0 Å². The fraction of sp³-hybridized carbons (Fsp3) is 0.556. The first-order valence-electron chi connectivity index (χ1n) is 8.68. The van der Waals surface area contributed by atoms with Crippen LogP contribution in [0.3, 0.4) is 0 Å². The molecule has 1 aliphatic rings. The van der Waals surface area contributed by atoms with E-state index in [-0.39, 0.29) is 12.4 Å². The zero-order chi connectivity index (χ0) is 16.6. The fourth-order valence-electron chi connectivity index (χ4n) is 3.07. The minimum Gasteiger partial charge on any atom is -0.385 e. The predicted octanol–water partition coefficient (Wildman–Crippen LogP) is 3.34. The summed E-state index contributed by atoms with van der Waals surface area (Å²) in [4.78, 5) is 0. The third-order valence-corrected chi connectivity index (χ3v) is 5.41. The van der Waals surface area contributed by atoms with Gasteiger partial charge in [-0.05, 0) is 37.9 Å². The lowest BCUT2D eigenvalue weighted by Crippen LogP contribution is -2.28. The van der Waals surface area contributed by atoms with Gasteiger partial charge >= 0.3 is 0 Å². The number of nitrogens with one attached hydrogen (secondary N) is 1. The number of hydrogen-bond donors (Lipinski definition) is 1. The number of piperidine rings is 1. The van der Waals surface area contributed by atoms with Crippen molar-refractivity contribution in [3.8, 4) is 0 Å². The highest BCUT2D eigenvalue weighted by molar-refractivity contribution is 7.99. The van der Waals surface area contributed by atoms with Crippen molar-refractivity contribution in [2.45, 2.75) is 36.9 Å². The number of rotatable bonds is 8. The number of thioether (sulfide) groups is 1. The zero-order valence-corrected chi connectivity index (χ0v) is 16.3. The van der Waals surface area contributed by atoms with Gasteiger partial charge in [-0.25, -0.2) is 0 Å². The number of methoxy groups -OCH3 is 1. The molecule has 1 fully saturated rings. The highest BCUT2D eigenvalue weighted by Crippen LogP contribution is 2.28. The molecular formula is C18H27ClN4OS. The van der Waals surface area contributed by atoms with Crippen LogP contribution in [0.15, 0.2) is 35.5 Å². The van der Waals surface area contributed by atoms with Crippen LogP contribution >= 0.6 is 24.2 Å². The summed E-state index contributed by atoms with van der Waals surface area (Å²) in [7, 11) is 1.75. The molecule has 5 nitrogen and oxygen atoms in total. The van der Waals surface area contributed by atoms with Crippen molar-refractivity contribution in [3.63, 3.8) is 0 Å². The van der Waals surface area contributed by atoms with Gasteiger partial charge in [0.05, 0.1) is 6.54 Å². The van der Waals surface area contributed by atoms with Crippen molar-refractivity contribution in [1.29, 1.82) is 0 Å². The minimum atomic E-state index is 0. The van der Waals surface area contributed by atoms with Crippen molar-refractivity contribution in [2.75, 3.05) is 32.6 Å². The van der Waals surface area contributed by atoms with Crippen LogP contribution in [-0.4, -0.2) is 47.3 Å². The smallest absolute Gasteiger partial charge is 0.191 e. The Morgan fingerprint density at radius 3 is 2.68 bits per heavy atom. The number of ether oxygens (including phenoxy) is 1. The molecule has 0 bridgehead atoms. The summed E-state index contributed by atoms with van der Waals surface area (Å²) < 4.78 is 7.47. The highest BCUT2D eigenvalue weighted by atomic mass is 35.5. The SMILES string of the molecule is COCCCSc1nnc(C2CCNCC2)n1Cc1ccccc1.Cl. The molecule has 1 saturated heterocycles. The molecule has 1 N–H and O–H groups in total. The van der Waals surface area contributed by atoms with Gasteiger partial charge in [0, 0.05) is 25.4 Å². The lowest BCUT2D eigenvalue weighted by Gasteiger charge is -2.23. The van der Waals surface area contributed by atoms with Gasteiger partial charge in [-0.3, -0.25) is 0 Å². The largest absolute Gasteiger partial charge is 0.385 e. The standard InChI is InChI=1S/C18H26N4OS.ClH/c1-23-12-5-13-24-18-21-20-17(16-8-10-19-11-9-16)22(18)14-15-6-3-2-4-7-15;/h2-4,6-7,16,19H,5,8-14H2,1H3;1H. The van der Waals surface area contributed by atoms with Gasteiger partial charge in [0.15, 0.2) is 5.16 Å². The maximum atomic E-state index is 5.14. The molecule has 0 spiro atoms. The molecule has 3 rings (SSSR count). The number of hydrogen-bond acceptors (Lipinski definition) is 5. The molecule has 0 unspecified atom stereocenters. The Morgan fingerprint density at radius 1 is 1.20 bits per heavy atom. The lowest BCUT2D eigenvalue weighted by molar-refractivity contribution is 0.200. The van der Waals surface area contributed by atoms with Crippen LogP contribution < -0.4 is 5.32 Å². The molecule has 0 aliphatic carbocycles. The first-order chi connectivity index (χ1) is 11.9. The molecule has 1 aromatic heterocycles. The van der Waals surface area contributed by atoms with Gasteiger partial charge in [-0.1, -0.05) is 42.1 Å². The lowest BCUT2D eigenvalue weighted by atomic mass is 9.97. The summed E-state index contributed by atoms with van der Waals surface area (Å²) >= 11 is 1.78. The number of halogens is 1.